The topological polar surface area (TPSA) is 23.1 Å². The molecular weight excluding hydrogens is 132 g/mol. The molecule has 0 saturated heterocycles. The Morgan fingerprint density at radius 1 is 1.56 bits per heavy atom. The lowest BCUT2D eigenvalue weighted by atomic mass is 9.84. The molecule has 1 aliphatic rings. The molecule has 0 aliphatic heterocycles. The van der Waals surface area contributed by atoms with Crippen LogP contribution in [0.15, 0.2) is 0 Å². The van der Waals surface area contributed by atoms with Crippen molar-refractivity contribution in [1.29, 1.82) is 0 Å². The Labute approximate surface area is 60.0 Å². The van der Waals surface area contributed by atoms with Gasteiger partial charge in [-0.1, -0.05) is 30.4 Å². The molecule has 0 aromatic carbocycles. The summed E-state index contributed by atoms with van der Waals surface area (Å²) in [7, 11) is 0. The van der Waals surface area contributed by atoms with Gasteiger partial charge in [-0.3, -0.25) is 0 Å². The minimum absolute atomic E-state index is 0.554. The van der Waals surface area contributed by atoms with E-state index in [0.29, 0.717) is 0 Å². The van der Waals surface area contributed by atoms with Crippen molar-refractivity contribution < 1.29 is 4.55 Å². The first-order valence-electron chi connectivity index (χ1n) is 3.59. The number of hydrogen-bond donors (Lipinski definition) is 0. The molecule has 0 radical (unpaired) electrons. The van der Waals surface area contributed by atoms with Gasteiger partial charge in [-0.2, -0.15) is 0 Å². The van der Waals surface area contributed by atoms with Crippen molar-refractivity contribution in [2.45, 2.75) is 25.7 Å². The second-order valence-electron chi connectivity index (χ2n) is 2.86. The van der Waals surface area contributed by atoms with E-state index in [1.807, 2.05) is 0 Å². The smallest absolute Gasteiger partial charge is 0.105 e. The molecule has 0 aromatic rings. The average molecular weight is 146 g/mol. The Morgan fingerprint density at radius 3 is 2.56 bits per heavy atom. The summed E-state index contributed by atoms with van der Waals surface area (Å²) < 4.78 is 10.6. The van der Waals surface area contributed by atoms with Gasteiger partial charge in [-0.25, -0.2) is 0 Å². The van der Waals surface area contributed by atoms with E-state index in [0.717, 1.165) is 11.7 Å². The Bertz CT molecular complexity index is 79.0. The third-order valence-corrected chi connectivity index (χ3v) is 2.85. The summed E-state index contributed by atoms with van der Waals surface area (Å²) >= 11 is -0.554. The van der Waals surface area contributed by atoms with E-state index in [4.69, 9.17) is 0 Å². The molecule has 0 N–H and O–H groups in total. The van der Waals surface area contributed by atoms with Gasteiger partial charge in [0.15, 0.2) is 0 Å². The van der Waals surface area contributed by atoms with Crippen molar-refractivity contribution in [1.82, 2.24) is 0 Å². The van der Waals surface area contributed by atoms with Crippen molar-refractivity contribution in [3.8, 4) is 0 Å². The molecule has 0 aromatic heterocycles. The van der Waals surface area contributed by atoms with E-state index < -0.39 is 11.2 Å². The van der Waals surface area contributed by atoms with Gasteiger partial charge in [0.2, 0.25) is 0 Å². The molecule has 0 heterocycles. The second-order valence-corrected chi connectivity index (χ2v) is 4.42. The third kappa shape index (κ3) is 2.59. The minimum atomic E-state index is -0.554. The van der Waals surface area contributed by atoms with E-state index in [-0.39, 0.29) is 0 Å². The lowest BCUT2D eigenvalue weighted by Gasteiger charge is -2.24. The van der Waals surface area contributed by atoms with E-state index in [1.165, 1.54) is 25.7 Å². The quantitative estimate of drug-likeness (QED) is 0.554. The molecule has 1 fully saturated rings. The lowest BCUT2D eigenvalue weighted by molar-refractivity contribution is 0.307. The maximum atomic E-state index is 10.6. The standard InChI is InChI=1S/C7H14OS/c1-9(8)6-5-7-3-2-4-7/h7H,2-6H2,1H3. The van der Waals surface area contributed by atoms with Gasteiger partial charge in [0.1, 0.15) is 5.75 Å². The molecule has 1 saturated carbocycles. The van der Waals surface area contributed by atoms with Crippen molar-refractivity contribution in [3.05, 3.63) is 0 Å². The molecule has 9 heavy (non-hydrogen) atoms. The van der Waals surface area contributed by atoms with Gasteiger partial charge in [-0.15, -0.1) is 0 Å². The molecule has 1 nitrogen and oxygen atoms in total. The summed E-state index contributed by atoms with van der Waals surface area (Å²) in [6, 6.07) is 0. The van der Waals surface area contributed by atoms with E-state index >= 15 is 0 Å². The maximum Gasteiger partial charge on any atom is 0.105 e. The van der Waals surface area contributed by atoms with Gasteiger partial charge in [0.05, 0.1) is 6.26 Å². The first-order valence-corrected chi connectivity index (χ1v) is 5.32. The van der Waals surface area contributed by atoms with Gasteiger partial charge in [0.25, 0.3) is 0 Å². The fourth-order valence-electron chi connectivity index (χ4n) is 1.11. The van der Waals surface area contributed by atoms with Crippen LogP contribution in [0.3, 0.4) is 0 Å². The highest BCUT2D eigenvalue weighted by molar-refractivity contribution is 7.90. The van der Waals surface area contributed by atoms with Gasteiger partial charge in [-0.05, 0) is 12.3 Å². The Balaban J connectivity index is 1.91. The largest absolute Gasteiger partial charge is 0.617 e. The third-order valence-electron chi connectivity index (χ3n) is 2.04. The summed E-state index contributed by atoms with van der Waals surface area (Å²) in [4.78, 5) is 0. The molecule has 1 rings (SSSR count). The SMILES string of the molecule is C[S+]([O-])CCC1CCC1. The molecule has 54 valence electrons. The fourth-order valence-corrected chi connectivity index (χ4v) is 1.78. The lowest BCUT2D eigenvalue weighted by Crippen LogP contribution is -2.15. The maximum absolute atomic E-state index is 10.6. The van der Waals surface area contributed by atoms with Crippen molar-refractivity contribution in [2.75, 3.05) is 12.0 Å². The van der Waals surface area contributed by atoms with Gasteiger partial charge < -0.3 is 4.55 Å². The van der Waals surface area contributed by atoms with Crippen LogP contribution >= 0.6 is 0 Å². The van der Waals surface area contributed by atoms with Crippen LogP contribution in [0.5, 0.6) is 0 Å². The predicted octanol–water partition coefficient (Wildman–Crippen LogP) is 1.56. The Hall–Kier alpha value is 0.310. The zero-order chi connectivity index (χ0) is 6.69. The van der Waals surface area contributed by atoms with E-state index in [9.17, 15) is 4.55 Å². The van der Waals surface area contributed by atoms with Crippen LogP contribution < -0.4 is 0 Å². The molecule has 2 heteroatoms. The van der Waals surface area contributed by atoms with Crippen LogP contribution in [0.4, 0.5) is 0 Å². The molecular formula is C7H14OS. The van der Waals surface area contributed by atoms with Crippen LogP contribution in [-0.4, -0.2) is 16.6 Å². The molecule has 0 bridgehead atoms. The summed E-state index contributed by atoms with van der Waals surface area (Å²) in [6.07, 6.45) is 7.16. The van der Waals surface area contributed by atoms with Crippen LogP contribution in [0, 0.1) is 5.92 Å². The average Bonchev–Trinajstić information content (AvgIpc) is 1.60. The molecule has 1 atom stereocenters. The van der Waals surface area contributed by atoms with Gasteiger partial charge in [0, 0.05) is 0 Å². The minimum Gasteiger partial charge on any atom is -0.617 e. The van der Waals surface area contributed by atoms with Crippen LogP contribution in [0.25, 0.3) is 0 Å². The highest BCUT2D eigenvalue weighted by Gasteiger charge is 2.18. The normalized spacial score (nSPS) is 23.3. The zero-order valence-electron chi connectivity index (χ0n) is 5.93. The van der Waals surface area contributed by atoms with Crippen LogP contribution in [0.1, 0.15) is 25.7 Å². The van der Waals surface area contributed by atoms with Gasteiger partial charge >= 0.3 is 0 Å². The highest BCUT2D eigenvalue weighted by atomic mass is 32.2. The summed E-state index contributed by atoms with van der Waals surface area (Å²) in [5, 5.41) is 0. The van der Waals surface area contributed by atoms with Crippen LogP contribution in [-0.2, 0) is 11.2 Å². The van der Waals surface area contributed by atoms with Crippen molar-refractivity contribution >= 4 is 11.2 Å². The van der Waals surface area contributed by atoms with Crippen molar-refractivity contribution in [2.24, 2.45) is 5.92 Å². The molecule has 0 spiro atoms. The molecule has 0 amide bonds. The Morgan fingerprint density at radius 2 is 2.22 bits per heavy atom. The fraction of sp³-hybridized carbons (Fsp3) is 1.00. The van der Waals surface area contributed by atoms with E-state index in [1.54, 1.807) is 6.26 Å². The Kier molecular flexibility index (Phi) is 2.86. The van der Waals surface area contributed by atoms with Crippen molar-refractivity contribution in [3.63, 3.8) is 0 Å². The second kappa shape index (κ2) is 3.47. The summed E-state index contributed by atoms with van der Waals surface area (Å²) in [5.41, 5.74) is 0. The summed E-state index contributed by atoms with van der Waals surface area (Å²) in [5.74, 6) is 1.85. The van der Waals surface area contributed by atoms with E-state index in [2.05, 4.69) is 0 Å². The summed E-state index contributed by atoms with van der Waals surface area (Å²) in [6.45, 7) is 0. The first kappa shape index (κ1) is 7.42. The zero-order valence-corrected chi connectivity index (χ0v) is 6.75. The molecule has 1 aliphatic carbocycles. The molecule has 1 unspecified atom stereocenters. The number of rotatable bonds is 3. The monoisotopic (exact) mass is 146 g/mol. The number of hydrogen-bond acceptors (Lipinski definition) is 1. The van der Waals surface area contributed by atoms with Crippen LogP contribution in [0.2, 0.25) is 0 Å². The highest BCUT2D eigenvalue weighted by Crippen LogP contribution is 2.29. The first-order chi connectivity index (χ1) is 4.29. The predicted molar refractivity (Wildman–Crippen MR) is 40.9 cm³/mol.